The van der Waals surface area contributed by atoms with Crippen LogP contribution in [0.1, 0.15) is 37.6 Å². The third-order valence-electron chi connectivity index (χ3n) is 3.22. The first-order valence-electron chi connectivity index (χ1n) is 6.31. The van der Waals surface area contributed by atoms with Gasteiger partial charge in [-0.05, 0) is 38.4 Å². The molecule has 1 aliphatic heterocycles. The SMILES string of the molecule is CCCNC(c1ccc(Cl)s1)C1COC(C)C1. The van der Waals surface area contributed by atoms with E-state index < -0.39 is 0 Å². The van der Waals surface area contributed by atoms with E-state index in [2.05, 4.69) is 25.2 Å². The second kappa shape index (κ2) is 6.19. The molecular formula is C13H20ClNOS. The minimum atomic E-state index is 0.390. The van der Waals surface area contributed by atoms with E-state index in [0.717, 1.165) is 30.3 Å². The molecule has 3 unspecified atom stereocenters. The van der Waals surface area contributed by atoms with Crippen LogP contribution >= 0.6 is 22.9 Å². The quantitative estimate of drug-likeness (QED) is 0.879. The van der Waals surface area contributed by atoms with E-state index in [0.29, 0.717) is 18.1 Å². The summed E-state index contributed by atoms with van der Waals surface area (Å²) in [7, 11) is 0. The Kier molecular flexibility index (Phi) is 4.86. The van der Waals surface area contributed by atoms with E-state index in [1.807, 2.05) is 6.07 Å². The summed E-state index contributed by atoms with van der Waals surface area (Å²) < 4.78 is 6.56. The Morgan fingerprint density at radius 1 is 1.59 bits per heavy atom. The summed E-state index contributed by atoms with van der Waals surface area (Å²) in [6.45, 7) is 6.25. The zero-order valence-corrected chi connectivity index (χ0v) is 12.0. The highest BCUT2D eigenvalue weighted by Crippen LogP contribution is 2.36. The molecule has 0 aromatic carbocycles. The zero-order valence-electron chi connectivity index (χ0n) is 10.4. The van der Waals surface area contributed by atoms with Crippen molar-refractivity contribution in [2.45, 2.75) is 38.8 Å². The van der Waals surface area contributed by atoms with Crippen LogP contribution < -0.4 is 5.32 Å². The molecular weight excluding hydrogens is 254 g/mol. The van der Waals surface area contributed by atoms with Gasteiger partial charge in [0.2, 0.25) is 0 Å². The third-order valence-corrected chi connectivity index (χ3v) is 4.53. The van der Waals surface area contributed by atoms with Gasteiger partial charge in [0.05, 0.1) is 17.0 Å². The molecule has 2 nitrogen and oxygen atoms in total. The summed E-state index contributed by atoms with van der Waals surface area (Å²) in [5.74, 6) is 0.575. The molecule has 2 heterocycles. The number of hydrogen-bond donors (Lipinski definition) is 1. The summed E-state index contributed by atoms with van der Waals surface area (Å²) in [4.78, 5) is 1.34. The number of rotatable bonds is 5. The van der Waals surface area contributed by atoms with Crippen LogP contribution in [-0.4, -0.2) is 19.3 Å². The molecule has 0 aliphatic carbocycles. The topological polar surface area (TPSA) is 21.3 Å². The molecule has 1 aliphatic rings. The molecule has 4 heteroatoms. The normalized spacial score (nSPS) is 26.3. The van der Waals surface area contributed by atoms with E-state index in [-0.39, 0.29) is 0 Å². The predicted molar refractivity (Wildman–Crippen MR) is 73.9 cm³/mol. The van der Waals surface area contributed by atoms with E-state index in [1.54, 1.807) is 11.3 Å². The van der Waals surface area contributed by atoms with Crippen molar-refractivity contribution in [1.29, 1.82) is 0 Å². The summed E-state index contributed by atoms with van der Waals surface area (Å²) in [5.41, 5.74) is 0. The van der Waals surface area contributed by atoms with E-state index in [4.69, 9.17) is 16.3 Å². The van der Waals surface area contributed by atoms with Crippen LogP contribution in [0.3, 0.4) is 0 Å². The fourth-order valence-corrected chi connectivity index (χ4v) is 3.61. The van der Waals surface area contributed by atoms with Crippen molar-refractivity contribution in [3.63, 3.8) is 0 Å². The summed E-state index contributed by atoms with van der Waals surface area (Å²) >= 11 is 7.72. The minimum absolute atomic E-state index is 0.390. The molecule has 2 rings (SSSR count). The predicted octanol–water partition coefficient (Wildman–Crippen LogP) is 3.87. The largest absolute Gasteiger partial charge is 0.378 e. The van der Waals surface area contributed by atoms with Crippen molar-refractivity contribution in [2.75, 3.05) is 13.2 Å². The van der Waals surface area contributed by atoms with Gasteiger partial charge in [-0.3, -0.25) is 0 Å². The second-order valence-electron chi connectivity index (χ2n) is 4.71. The van der Waals surface area contributed by atoms with Crippen molar-refractivity contribution < 1.29 is 4.74 Å². The lowest BCUT2D eigenvalue weighted by molar-refractivity contribution is 0.117. The first kappa shape index (κ1) is 13.3. The number of nitrogens with one attached hydrogen (secondary N) is 1. The molecule has 0 spiro atoms. The fourth-order valence-electron chi connectivity index (χ4n) is 2.38. The Balaban J connectivity index is 2.07. The van der Waals surface area contributed by atoms with Crippen LogP contribution in [0, 0.1) is 5.92 Å². The van der Waals surface area contributed by atoms with Crippen LogP contribution in [-0.2, 0) is 4.74 Å². The minimum Gasteiger partial charge on any atom is -0.378 e. The van der Waals surface area contributed by atoms with Gasteiger partial charge in [-0.15, -0.1) is 11.3 Å². The van der Waals surface area contributed by atoms with E-state index in [1.165, 1.54) is 4.88 Å². The molecule has 0 saturated carbocycles. The van der Waals surface area contributed by atoms with Gasteiger partial charge < -0.3 is 10.1 Å². The molecule has 1 fully saturated rings. The maximum Gasteiger partial charge on any atom is 0.0931 e. The van der Waals surface area contributed by atoms with E-state index in [9.17, 15) is 0 Å². The number of ether oxygens (including phenoxy) is 1. The first-order chi connectivity index (χ1) is 8.20. The summed E-state index contributed by atoms with van der Waals surface area (Å²) in [6, 6.07) is 4.53. The van der Waals surface area contributed by atoms with Crippen molar-refractivity contribution in [3.05, 3.63) is 21.3 Å². The van der Waals surface area contributed by atoms with Crippen molar-refractivity contribution in [2.24, 2.45) is 5.92 Å². The first-order valence-corrected chi connectivity index (χ1v) is 7.50. The lowest BCUT2D eigenvalue weighted by atomic mass is 9.95. The Morgan fingerprint density at radius 3 is 2.94 bits per heavy atom. The highest BCUT2D eigenvalue weighted by Gasteiger charge is 2.30. The molecule has 1 saturated heterocycles. The molecule has 0 bridgehead atoms. The van der Waals surface area contributed by atoms with Crippen molar-refractivity contribution in [3.8, 4) is 0 Å². The highest BCUT2D eigenvalue weighted by atomic mass is 35.5. The molecule has 17 heavy (non-hydrogen) atoms. The van der Waals surface area contributed by atoms with Gasteiger partial charge in [-0.1, -0.05) is 18.5 Å². The van der Waals surface area contributed by atoms with Gasteiger partial charge in [0.15, 0.2) is 0 Å². The van der Waals surface area contributed by atoms with Crippen LogP contribution in [0.15, 0.2) is 12.1 Å². The van der Waals surface area contributed by atoms with Gasteiger partial charge in [-0.2, -0.15) is 0 Å². The highest BCUT2D eigenvalue weighted by molar-refractivity contribution is 7.16. The van der Waals surface area contributed by atoms with E-state index >= 15 is 0 Å². The molecule has 1 aromatic rings. The van der Waals surface area contributed by atoms with Gasteiger partial charge in [0.1, 0.15) is 0 Å². The summed E-state index contributed by atoms with van der Waals surface area (Å²) in [5, 5.41) is 3.63. The molecule has 1 N–H and O–H groups in total. The molecule has 96 valence electrons. The Bertz CT molecular complexity index is 355. The Morgan fingerprint density at radius 2 is 2.41 bits per heavy atom. The maximum absolute atomic E-state index is 6.03. The number of thiophene rings is 1. The smallest absolute Gasteiger partial charge is 0.0931 e. The van der Waals surface area contributed by atoms with Gasteiger partial charge in [-0.25, -0.2) is 0 Å². The van der Waals surface area contributed by atoms with Gasteiger partial charge in [0, 0.05) is 16.8 Å². The zero-order chi connectivity index (χ0) is 12.3. The average molecular weight is 274 g/mol. The fraction of sp³-hybridized carbons (Fsp3) is 0.692. The number of halogens is 1. The summed E-state index contributed by atoms with van der Waals surface area (Å²) in [6.07, 6.45) is 2.68. The molecule has 1 aromatic heterocycles. The second-order valence-corrected chi connectivity index (χ2v) is 6.46. The van der Waals surface area contributed by atoms with Gasteiger partial charge in [0.25, 0.3) is 0 Å². The average Bonchev–Trinajstić information content (AvgIpc) is 2.89. The molecule has 3 atom stereocenters. The van der Waals surface area contributed by atoms with Crippen LogP contribution in [0.5, 0.6) is 0 Å². The van der Waals surface area contributed by atoms with Crippen molar-refractivity contribution in [1.82, 2.24) is 5.32 Å². The standard InChI is InChI=1S/C13H20ClNOS/c1-3-6-15-13(10-7-9(2)16-8-10)11-4-5-12(14)17-11/h4-5,9-10,13,15H,3,6-8H2,1-2H3. The number of hydrogen-bond acceptors (Lipinski definition) is 3. The monoisotopic (exact) mass is 273 g/mol. The molecule has 0 radical (unpaired) electrons. The van der Waals surface area contributed by atoms with Crippen LogP contribution in [0.4, 0.5) is 0 Å². The maximum atomic E-state index is 6.03. The van der Waals surface area contributed by atoms with Crippen molar-refractivity contribution >= 4 is 22.9 Å². The third kappa shape index (κ3) is 3.44. The van der Waals surface area contributed by atoms with Crippen LogP contribution in [0.25, 0.3) is 0 Å². The van der Waals surface area contributed by atoms with Gasteiger partial charge >= 0.3 is 0 Å². The Hall–Kier alpha value is -0.0900. The lowest BCUT2D eigenvalue weighted by Crippen LogP contribution is -2.28. The van der Waals surface area contributed by atoms with Crippen LogP contribution in [0.2, 0.25) is 4.34 Å². The molecule has 0 amide bonds. The lowest BCUT2D eigenvalue weighted by Gasteiger charge is -2.22. The Labute approximate surface area is 112 Å².